The van der Waals surface area contributed by atoms with Crippen molar-refractivity contribution < 1.29 is 0 Å². The quantitative estimate of drug-likeness (QED) is 0.824. The number of nitrogens with one attached hydrogen (secondary N) is 2. The van der Waals surface area contributed by atoms with E-state index in [4.69, 9.17) is 12.2 Å². The average molecular weight is 279 g/mol. The maximum absolute atomic E-state index is 5.21. The Labute approximate surface area is 117 Å². The van der Waals surface area contributed by atoms with Crippen LogP contribution in [0.2, 0.25) is 0 Å². The predicted octanol–water partition coefficient (Wildman–Crippen LogP) is 3.61. The Hall–Kier alpha value is -1.20. The summed E-state index contributed by atoms with van der Waals surface area (Å²) in [5.74, 6) is 0. The molecule has 0 fully saturated rings. The Kier molecular flexibility index (Phi) is 3.82. The molecule has 1 heterocycles. The van der Waals surface area contributed by atoms with E-state index < -0.39 is 0 Å². The zero-order valence-corrected chi connectivity index (χ0v) is 12.6. The fourth-order valence-corrected chi connectivity index (χ4v) is 2.98. The molecule has 0 bridgehead atoms. The Balaban J connectivity index is 2.22. The van der Waals surface area contributed by atoms with Gasteiger partial charge in [0.25, 0.3) is 0 Å². The van der Waals surface area contributed by atoms with Crippen LogP contribution in [0.1, 0.15) is 25.0 Å². The van der Waals surface area contributed by atoms with Crippen LogP contribution in [0.4, 0.5) is 5.13 Å². The fraction of sp³-hybridized carbons (Fsp3) is 0.385. The number of rotatable bonds is 2. The summed E-state index contributed by atoms with van der Waals surface area (Å²) in [6.07, 6.45) is 0. The first-order valence-electron chi connectivity index (χ1n) is 5.91. The van der Waals surface area contributed by atoms with E-state index in [0.29, 0.717) is 11.2 Å². The number of aryl methyl sites for hydroxylation is 2. The monoisotopic (exact) mass is 279 g/mol. The molecule has 0 saturated carbocycles. The maximum Gasteiger partial charge on any atom is 0.190 e. The van der Waals surface area contributed by atoms with E-state index >= 15 is 0 Å². The lowest BCUT2D eigenvalue weighted by molar-refractivity contribution is 0.739. The highest BCUT2D eigenvalue weighted by molar-refractivity contribution is 7.80. The third kappa shape index (κ3) is 2.97. The molecular weight excluding hydrogens is 262 g/mol. The molecule has 0 aliphatic carbocycles. The third-order valence-electron chi connectivity index (χ3n) is 2.64. The van der Waals surface area contributed by atoms with Crippen LogP contribution in [0.3, 0.4) is 0 Å². The molecule has 0 spiro atoms. The van der Waals surface area contributed by atoms with E-state index in [0.717, 1.165) is 10.6 Å². The van der Waals surface area contributed by atoms with Gasteiger partial charge >= 0.3 is 0 Å². The summed E-state index contributed by atoms with van der Waals surface area (Å²) in [6, 6.07) is 4.61. The summed E-state index contributed by atoms with van der Waals surface area (Å²) in [6.45, 7) is 8.33. The Morgan fingerprint density at radius 1 is 1.28 bits per heavy atom. The minimum Gasteiger partial charge on any atom is -0.360 e. The summed E-state index contributed by atoms with van der Waals surface area (Å²) in [5, 5.41) is 7.74. The van der Waals surface area contributed by atoms with Crippen molar-refractivity contribution in [2.75, 3.05) is 5.32 Å². The number of fused-ring (bicyclic) bond motifs is 1. The molecular formula is C13H17N3S2. The molecule has 96 valence electrons. The summed E-state index contributed by atoms with van der Waals surface area (Å²) < 4.78 is 1.19. The lowest BCUT2D eigenvalue weighted by Gasteiger charge is -2.10. The lowest BCUT2D eigenvalue weighted by atomic mass is 10.1. The summed E-state index contributed by atoms with van der Waals surface area (Å²) in [5.41, 5.74) is 3.58. The molecule has 2 N–H and O–H groups in total. The predicted molar refractivity (Wildman–Crippen MR) is 83.6 cm³/mol. The number of thiazole rings is 1. The molecule has 0 aliphatic heterocycles. The third-order valence-corrected chi connectivity index (χ3v) is 3.80. The van der Waals surface area contributed by atoms with E-state index in [9.17, 15) is 0 Å². The lowest BCUT2D eigenvalue weighted by Crippen LogP contribution is -2.33. The van der Waals surface area contributed by atoms with E-state index in [1.165, 1.54) is 15.8 Å². The molecule has 2 rings (SSSR count). The zero-order valence-electron chi connectivity index (χ0n) is 11.0. The Morgan fingerprint density at radius 3 is 2.61 bits per heavy atom. The van der Waals surface area contributed by atoms with E-state index in [1.54, 1.807) is 11.3 Å². The highest BCUT2D eigenvalue weighted by atomic mass is 32.1. The van der Waals surface area contributed by atoms with Crippen LogP contribution < -0.4 is 10.6 Å². The maximum atomic E-state index is 5.21. The van der Waals surface area contributed by atoms with Gasteiger partial charge in [-0.15, -0.1) is 0 Å². The van der Waals surface area contributed by atoms with Crippen molar-refractivity contribution in [2.24, 2.45) is 0 Å². The van der Waals surface area contributed by atoms with Crippen LogP contribution in [0.15, 0.2) is 12.1 Å². The van der Waals surface area contributed by atoms with Crippen molar-refractivity contribution in [3.8, 4) is 0 Å². The van der Waals surface area contributed by atoms with Crippen LogP contribution >= 0.6 is 23.6 Å². The standard InChI is InChI=1S/C13H17N3S2/c1-7(2)14-12(17)16-13-15-10-5-8(3)9(4)6-11(10)18-13/h5-7H,1-4H3,(H2,14,15,16,17). The van der Waals surface area contributed by atoms with Crippen LogP contribution in [0.5, 0.6) is 0 Å². The van der Waals surface area contributed by atoms with Gasteiger partial charge in [0.05, 0.1) is 10.2 Å². The van der Waals surface area contributed by atoms with Crippen LogP contribution in [-0.4, -0.2) is 16.1 Å². The van der Waals surface area contributed by atoms with Gasteiger partial charge in [0.1, 0.15) is 0 Å². The van der Waals surface area contributed by atoms with Crippen molar-refractivity contribution in [3.63, 3.8) is 0 Å². The van der Waals surface area contributed by atoms with Gasteiger partial charge in [-0.1, -0.05) is 11.3 Å². The summed E-state index contributed by atoms with van der Waals surface area (Å²) in [7, 11) is 0. The SMILES string of the molecule is Cc1cc2nc(NC(=S)NC(C)C)sc2cc1C. The van der Waals surface area contributed by atoms with Gasteiger partial charge in [0.2, 0.25) is 0 Å². The number of benzene rings is 1. The number of aromatic nitrogens is 1. The van der Waals surface area contributed by atoms with Crippen LogP contribution in [0.25, 0.3) is 10.2 Å². The minimum atomic E-state index is 0.323. The smallest absolute Gasteiger partial charge is 0.190 e. The molecule has 1 aromatic carbocycles. The first kappa shape index (κ1) is 13.2. The van der Waals surface area contributed by atoms with Crippen molar-refractivity contribution in [2.45, 2.75) is 33.7 Å². The second-order valence-corrected chi connectivity index (χ2v) is 6.12. The van der Waals surface area contributed by atoms with Crippen molar-refractivity contribution >= 4 is 44.0 Å². The number of nitrogens with zero attached hydrogens (tertiary/aromatic N) is 1. The Bertz CT molecular complexity index is 548. The van der Waals surface area contributed by atoms with Gasteiger partial charge < -0.3 is 10.6 Å². The zero-order chi connectivity index (χ0) is 13.3. The van der Waals surface area contributed by atoms with E-state index in [-0.39, 0.29) is 0 Å². The molecule has 5 heteroatoms. The largest absolute Gasteiger partial charge is 0.360 e. The normalized spacial score (nSPS) is 10.9. The van der Waals surface area contributed by atoms with Crippen molar-refractivity contribution in [3.05, 3.63) is 23.3 Å². The number of hydrogen-bond acceptors (Lipinski definition) is 3. The molecule has 0 atom stereocenters. The van der Waals surface area contributed by atoms with Gasteiger partial charge in [-0.2, -0.15) is 0 Å². The second kappa shape index (κ2) is 5.20. The topological polar surface area (TPSA) is 37.0 Å². The summed E-state index contributed by atoms with van der Waals surface area (Å²) >= 11 is 6.84. The number of anilines is 1. The first-order valence-corrected chi connectivity index (χ1v) is 7.13. The molecule has 18 heavy (non-hydrogen) atoms. The highest BCUT2D eigenvalue weighted by Crippen LogP contribution is 2.28. The molecule has 0 amide bonds. The molecule has 3 nitrogen and oxygen atoms in total. The number of hydrogen-bond donors (Lipinski definition) is 2. The molecule has 2 aromatic rings. The summed E-state index contributed by atoms with van der Waals surface area (Å²) in [4.78, 5) is 4.54. The van der Waals surface area contributed by atoms with Gasteiger partial charge in [-0.3, -0.25) is 0 Å². The molecule has 0 aliphatic rings. The van der Waals surface area contributed by atoms with E-state index in [2.05, 4.69) is 55.4 Å². The van der Waals surface area contributed by atoms with Gasteiger partial charge in [-0.05, 0) is 63.2 Å². The second-order valence-electron chi connectivity index (χ2n) is 4.68. The minimum absolute atomic E-state index is 0.323. The van der Waals surface area contributed by atoms with Gasteiger partial charge in [-0.25, -0.2) is 4.98 Å². The number of thiocarbonyl (C=S) groups is 1. The highest BCUT2D eigenvalue weighted by Gasteiger charge is 2.07. The molecule has 0 saturated heterocycles. The van der Waals surface area contributed by atoms with Crippen LogP contribution in [0, 0.1) is 13.8 Å². The van der Waals surface area contributed by atoms with Crippen molar-refractivity contribution in [1.29, 1.82) is 0 Å². The van der Waals surface area contributed by atoms with E-state index in [1.807, 2.05) is 0 Å². The van der Waals surface area contributed by atoms with Crippen LogP contribution in [-0.2, 0) is 0 Å². The Morgan fingerprint density at radius 2 is 1.94 bits per heavy atom. The average Bonchev–Trinajstić information content (AvgIpc) is 2.58. The van der Waals surface area contributed by atoms with Crippen molar-refractivity contribution in [1.82, 2.24) is 10.3 Å². The van der Waals surface area contributed by atoms with Gasteiger partial charge in [0, 0.05) is 6.04 Å². The molecule has 1 aromatic heterocycles. The molecule has 0 unspecified atom stereocenters. The first-order chi connectivity index (χ1) is 8.45. The van der Waals surface area contributed by atoms with Gasteiger partial charge in [0.15, 0.2) is 10.2 Å². The fourth-order valence-electron chi connectivity index (χ4n) is 1.63. The molecule has 0 radical (unpaired) electrons.